The molecule has 0 aliphatic heterocycles. The van der Waals surface area contributed by atoms with E-state index in [-0.39, 0.29) is 12.2 Å². The zero-order chi connectivity index (χ0) is 16.7. The fourth-order valence-corrected chi connectivity index (χ4v) is 2.36. The summed E-state index contributed by atoms with van der Waals surface area (Å²) < 4.78 is 12.0. The monoisotopic (exact) mass is 312 g/mol. The molecular weight excluding hydrogens is 284 g/mol. The van der Waals surface area contributed by atoms with E-state index in [4.69, 9.17) is 9.47 Å². The molecular formula is C21H28O2. The van der Waals surface area contributed by atoms with Crippen LogP contribution in [0.15, 0.2) is 54.6 Å². The molecule has 0 N–H and O–H groups in total. The number of ether oxygens (including phenoxy) is 2. The summed E-state index contributed by atoms with van der Waals surface area (Å²) in [6.07, 6.45) is 0.902. The highest BCUT2D eigenvalue weighted by molar-refractivity contribution is 5.29. The van der Waals surface area contributed by atoms with E-state index in [0.717, 1.165) is 17.7 Å². The molecule has 2 aromatic rings. The summed E-state index contributed by atoms with van der Waals surface area (Å²) in [4.78, 5) is 0. The lowest BCUT2D eigenvalue weighted by Crippen LogP contribution is -2.26. The van der Waals surface area contributed by atoms with Crippen molar-refractivity contribution in [1.82, 2.24) is 0 Å². The Bertz CT molecular complexity index is 560. The molecule has 0 amide bonds. The van der Waals surface area contributed by atoms with E-state index in [1.807, 2.05) is 30.3 Å². The van der Waals surface area contributed by atoms with Crippen molar-refractivity contribution in [3.63, 3.8) is 0 Å². The molecule has 124 valence electrons. The van der Waals surface area contributed by atoms with E-state index in [0.29, 0.717) is 12.5 Å². The smallest absolute Gasteiger partial charge is 0.202 e. The zero-order valence-electron chi connectivity index (χ0n) is 14.7. The molecule has 2 heteroatoms. The zero-order valence-corrected chi connectivity index (χ0v) is 14.7. The summed E-state index contributed by atoms with van der Waals surface area (Å²) in [5.41, 5.74) is 2.51. The summed E-state index contributed by atoms with van der Waals surface area (Å²) in [6, 6.07) is 18.6. The van der Waals surface area contributed by atoms with Gasteiger partial charge in [0, 0.05) is 5.92 Å². The predicted molar refractivity (Wildman–Crippen MR) is 95.6 cm³/mol. The Labute approximate surface area is 140 Å². The summed E-state index contributed by atoms with van der Waals surface area (Å²) in [5, 5.41) is 0. The maximum atomic E-state index is 6.04. The van der Waals surface area contributed by atoms with Crippen LogP contribution in [0.1, 0.15) is 51.2 Å². The van der Waals surface area contributed by atoms with Gasteiger partial charge < -0.3 is 9.47 Å². The molecule has 0 saturated heterocycles. The molecule has 2 unspecified atom stereocenters. The normalized spacial score (nSPS) is 13.8. The van der Waals surface area contributed by atoms with Crippen LogP contribution in [-0.2, 0) is 11.3 Å². The van der Waals surface area contributed by atoms with E-state index in [2.05, 4.69) is 52.0 Å². The summed E-state index contributed by atoms with van der Waals surface area (Å²) >= 11 is 0. The average molecular weight is 312 g/mol. The second kappa shape index (κ2) is 8.73. The van der Waals surface area contributed by atoms with Crippen molar-refractivity contribution in [2.45, 2.75) is 52.9 Å². The minimum atomic E-state index is -0.246. The maximum absolute atomic E-state index is 6.04. The highest BCUT2D eigenvalue weighted by Gasteiger charge is 2.16. The minimum Gasteiger partial charge on any atom is -0.465 e. The summed E-state index contributed by atoms with van der Waals surface area (Å²) in [7, 11) is 0. The first-order chi connectivity index (χ1) is 11.1. The van der Waals surface area contributed by atoms with Gasteiger partial charge in [-0.05, 0) is 35.6 Å². The Morgan fingerprint density at radius 3 is 2.09 bits per heavy atom. The number of benzene rings is 2. The van der Waals surface area contributed by atoms with Crippen LogP contribution < -0.4 is 4.74 Å². The molecule has 0 radical (unpaired) electrons. The highest BCUT2D eigenvalue weighted by Crippen LogP contribution is 2.23. The van der Waals surface area contributed by atoms with Crippen LogP contribution in [0.25, 0.3) is 0 Å². The first-order valence-corrected chi connectivity index (χ1v) is 8.52. The van der Waals surface area contributed by atoms with Gasteiger partial charge in [0.05, 0.1) is 6.61 Å². The molecule has 23 heavy (non-hydrogen) atoms. The quantitative estimate of drug-likeness (QED) is 0.575. The van der Waals surface area contributed by atoms with Gasteiger partial charge in [0.1, 0.15) is 5.75 Å². The first kappa shape index (κ1) is 17.6. The van der Waals surface area contributed by atoms with Gasteiger partial charge >= 0.3 is 0 Å². The van der Waals surface area contributed by atoms with Crippen molar-refractivity contribution >= 4 is 0 Å². The Kier molecular flexibility index (Phi) is 6.66. The Morgan fingerprint density at radius 2 is 1.52 bits per heavy atom. The largest absolute Gasteiger partial charge is 0.465 e. The Morgan fingerprint density at radius 1 is 0.870 bits per heavy atom. The molecule has 0 spiro atoms. The van der Waals surface area contributed by atoms with Crippen LogP contribution in [0.3, 0.4) is 0 Å². The topological polar surface area (TPSA) is 18.5 Å². The van der Waals surface area contributed by atoms with Crippen molar-refractivity contribution in [1.29, 1.82) is 0 Å². The van der Waals surface area contributed by atoms with Crippen LogP contribution in [-0.4, -0.2) is 6.29 Å². The average Bonchev–Trinajstić information content (AvgIpc) is 2.59. The second-order valence-electron chi connectivity index (χ2n) is 6.41. The van der Waals surface area contributed by atoms with E-state index in [9.17, 15) is 0 Å². The third-order valence-electron chi connectivity index (χ3n) is 4.12. The second-order valence-corrected chi connectivity index (χ2v) is 6.41. The molecule has 2 atom stereocenters. The molecule has 0 aliphatic carbocycles. The third kappa shape index (κ3) is 5.40. The molecule has 0 aliphatic rings. The van der Waals surface area contributed by atoms with Gasteiger partial charge in [0.15, 0.2) is 0 Å². The molecule has 0 saturated carbocycles. The molecule has 0 heterocycles. The fourth-order valence-electron chi connectivity index (χ4n) is 2.36. The number of hydrogen-bond acceptors (Lipinski definition) is 2. The van der Waals surface area contributed by atoms with E-state index in [1.165, 1.54) is 5.56 Å². The van der Waals surface area contributed by atoms with Crippen molar-refractivity contribution in [3.05, 3.63) is 65.7 Å². The van der Waals surface area contributed by atoms with Gasteiger partial charge in [0.2, 0.25) is 6.29 Å². The van der Waals surface area contributed by atoms with Gasteiger partial charge in [-0.25, -0.2) is 0 Å². The van der Waals surface area contributed by atoms with Gasteiger partial charge in [-0.1, -0.05) is 70.2 Å². The molecule has 0 aromatic heterocycles. The molecule has 0 fully saturated rings. The maximum Gasteiger partial charge on any atom is 0.202 e. The third-order valence-corrected chi connectivity index (χ3v) is 4.12. The van der Waals surface area contributed by atoms with Crippen molar-refractivity contribution in [2.75, 3.05) is 0 Å². The van der Waals surface area contributed by atoms with Gasteiger partial charge in [-0.2, -0.15) is 0 Å². The molecule has 2 rings (SSSR count). The first-order valence-electron chi connectivity index (χ1n) is 8.52. The van der Waals surface area contributed by atoms with Gasteiger partial charge in [-0.15, -0.1) is 0 Å². The van der Waals surface area contributed by atoms with Crippen LogP contribution in [0, 0.1) is 5.92 Å². The van der Waals surface area contributed by atoms with Crippen molar-refractivity contribution in [2.24, 2.45) is 5.92 Å². The number of hydrogen-bond donors (Lipinski definition) is 0. The molecule has 2 nitrogen and oxygen atoms in total. The van der Waals surface area contributed by atoms with Gasteiger partial charge in [0.25, 0.3) is 0 Å². The highest BCUT2D eigenvalue weighted by atomic mass is 16.7. The van der Waals surface area contributed by atoms with Gasteiger partial charge in [-0.3, -0.25) is 0 Å². The van der Waals surface area contributed by atoms with E-state index in [1.54, 1.807) is 0 Å². The lowest BCUT2D eigenvalue weighted by atomic mass is 9.99. The Hall–Kier alpha value is -1.80. The lowest BCUT2D eigenvalue weighted by molar-refractivity contribution is -0.116. The van der Waals surface area contributed by atoms with Crippen molar-refractivity contribution in [3.8, 4) is 5.75 Å². The lowest BCUT2D eigenvalue weighted by Gasteiger charge is -2.23. The standard InChI is InChI=1S/C21H28O2/c1-5-17(4)19-11-13-20(14-12-19)23-21(16(2)3)22-15-18-9-7-6-8-10-18/h6-14,16-17,21H,5,15H2,1-4H3. The minimum absolute atomic E-state index is 0.246. The molecule has 2 aromatic carbocycles. The fraction of sp³-hybridized carbons (Fsp3) is 0.429. The van der Waals surface area contributed by atoms with Crippen LogP contribution >= 0.6 is 0 Å². The van der Waals surface area contributed by atoms with Crippen molar-refractivity contribution < 1.29 is 9.47 Å². The SMILES string of the molecule is CCC(C)c1ccc(OC(OCc2ccccc2)C(C)C)cc1. The summed E-state index contributed by atoms with van der Waals surface area (Å²) in [6.45, 7) is 9.25. The Balaban J connectivity index is 1.96. The van der Waals surface area contributed by atoms with Crippen LogP contribution in [0.5, 0.6) is 5.75 Å². The van der Waals surface area contributed by atoms with Crippen LogP contribution in [0.4, 0.5) is 0 Å². The predicted octanol–water partition coefficient (Wildman–Crippen LogP) is 5.78. The number of rotatable bonds is 8. The van der Waals surface area contributed by atoms with Crippen LogP contribution in [0.2, 0.25) is 0 Å². The summed E-state index contributed by atoms with van der Waals surface area (Å²) in [5.74, 6) is 1.73. The molecule has 0 bridgehead atoms. The van der Waals surface area contributed by atoms with E-state index < -0.39 is 0 Å². The van der Waals surface area contributed by atoms with E-state index >= 15 is 0 Å².